The van der Waals surface area contributed by atoms with Crippen molar-refractivity contribution < 1.29 is 23.9 Å². The van der Waals surface area contributed by atoms with E-state index in [4.69, 9.17) is 23.8 Å². The highest BCUT2D eigenvalue weighted by atomic mass is 35.5. The van der Waals surface area contributed by atoms with Gasteiger partial charge in [-0.2, -0.15) is 0 Å². The van der Waals surface area contributed by atoms with Crippen LogP contribution in [0.3, 0.4) is 0 Å². The summed E-state index contributed by atoms with van der Waals surface area (Å²) in [5.74, 6) is -1.72. The summed E-state index contributed by atoms with van der Waals surface area (Å²) in [4.78, 5) is 35.7. The van der Waals surface area contributed by atoms with E-state index >= 15 is 0 Å². The van der Waals surface area contributed by atoms with Crippen molar-refractivity contribution in [2.75, 3.05) is 19.5 Å². The number of nitrogens with one attached hydrogen (secondary N) is 2. The Balaban J connectivity index is 2.18. The Labute approximate surface area is 165 Å². The molecule has 0 radical (unpaired) electrons. The van der Waals surface area contributed by atoms with Gasteiger partial charge in [0.1, 0.15) is 0 Å². The molecule has 0 saturated heterocycles. The van der Waals surface area contributed by atoms with E-state index in [2.05, 4.69) is 20.1 Å². The molecule has 2 N–H and O–H groups in total. The number of anilines is 1. The lowest BCUT2D eigenvalue weighted by Gasteiger charge is -2.12. The molecule has 0 heterocycles. The molecule has 0 aliphatic rings. The zero-order valence-corrected chi connectivity index (χ0v) is 15.9. The third kappa shape index (κ3) is 5.50. The van der Waals surface area contributed by atoms with Gasteiger partial charge < -0.3 is 14.8 Å². The van der Waals surface area contributed by atoms with Crippen LogP contribution in [0, 0.1) is 0 Å². The lowest BCUT2D eigenvalue weighted by Crippen LogP contribution is -2.34. The van der Waals surface area contributed by atoms with Crippen LogP contribution in [0.5, 0.6) is 0 Å². The van der Waals surface area contributed by atoms with Gasteiger partial charge in [0.2, 0.25) is 0 Å². The number of methoxy groups -OCH3 is 2. The number of benzene rings is 2. The SMILES string of the molecule is COC(=O)c1cc(NC(=S)NC(=O)c2ccc(Cl)cc2)cc(C(=O)OC)c1. The second-order valence-electron chi connectivity index (χ2n) is 5.20. The van der Waals surface area contributed by atoms with Gasteiger partial charge in [-0.05, 0) is 54.7 Å². The van der Waals surface area contributed by atoms with Crippen molar-refractivity contribution in [2.45, 2.75) is 0 Å². The van der Waals surface area contributed by atoms with Crippen LogP contribution in [-0.4, -0.2) is 37.2 Å². The first kappa shape index (κ1) is 20.3. The van der Waals surface area contributed by atoms with E-state index in [0.717, 1.165) is 0 Å². The van der Waals surface area contributed by atoms with E-state index in [1.807, 2.05) is 0 Å². The molecule has 0 fully saturated rings. The number of ether oxygens (including phenoxy) is 2. The molecule has 0 unspecified atom stereocenters. The average molecular weight is 407 g/mol. The van der Waals surface area contributed by atoms with Crippen LogP contribution < -0.4 is 10.6 Å². The van der Waals surface area contributed by atoms with E-state index in [-0.39, 0.29) is 16.2 Å². The van der Waals surface area contributed by atoms with Crippen molar-refractivity contribution >= 4 is 52.5 Å². The third-order valence-electron chi connectivity index (χ3n) is 3.37. The van der Waals surface area contributed by atoms with E-state index in [9.17, 15) is 14.4 Å². The van der Waals surface area contributed by atoms with Crippen LogP contribution in [0.1, 0.15) is 31.1 Å². The van der Waals surface area contributed by atoms with Gasteiger partial charge in [-0.25, -0.2) is 9.59 Å². The maximum absolute atomic E-state index is 12.2. The van der Waals surface area contributed by atoms with Crippen molar-refractivity contribution in [1.29, 1.82) is 0 Å². The molecular formula is C18H15ClN2O5S. The number of carbonyl (C=O) groups excluding carboxylic acids is 3. The minimum absolute atomic E-state index is 0.0206. The Morgan fingerprint density at radius 3 is 1.89 bits per heavy atom. The van der Waals surface area contributed by atoms with E-state index in [1.165, 1.54) is 32.4 Å². The van der Waals surface area contributed by atoms with Gasteiger partial charge >= 0.3 is 11.9 Å². The number of thiocarbonyl (C=S) groups is 1. The van der Waals surface area contributed by atoms with E-state index < -0.39 is 17.8 Å². The monoisotopic (exact) mass is 406 g/mol. The Morgan fingerprint density at radius 1 is 0.889 bits per heavy atom. The lowest BCUT2D eigenvalue weighted by atomic mass is 10.1. The number of amides is 1. The molecule has 0 atom stereocenters. The van der Waals surface area contributed by atoms with Crippen molar-refractivity contribution in [1.82, 2.24) is 5.32 Å². The number of esters is 2. The van der Waals surface area contributed by atoms with Crippen LogP contribution >= 0.6 is 23.8 Å². The van der Waals surface area contributed by atoms with Gasteiger partial charge in [0.15, 0.2) is 5.11 Å². The first-order valence-electron chi connectivity index (χ1n) is 7.53. The van der Waals surface area contributed by atoms with Crippen LogP contribution in [0.15, 0.2) is 42.5 Å². The predicted molar refractivity (Wildman–Crippen MR) is 104 cm³/mol. The zero-order chi connectivity index (χ0) is 20.0. The molecule has 2 aromatic rings. The molecule has 0 aliphatic heterocycles. The highest BCUT2D eigenvalue weighted by Crippen LogP contribution is 2.17. The predicted octanol–water partition coefficient (Wildman–Crippen LogP) is 3.04. The van der Waals surface area contributed by atoms with E-state index in [1.54, 1.807) is 24.3 Å². The van der Waals surface area contributed by atoms with Crippen LogP contribution in [0.2, 0.25) is 5.02 Å². The van der Waals surface area contributed by atoms with Gasteiger partial charge in [-0.1, -0.05) is 11.6 Å². The Bertz CT molecular complexity index is 865. The Morgan fingerprint density at radius 2 is 1.41 bits per heavy atom. The number of carbonyl (C=O) groups is 3. The van der Waals surface area contributed by atoms with Crippen molar-refractivity contribution in [3.05, 3.63) is 64.2 Å². The first-order chi connectivity index (χ1) is 12.8. The summed E-state index contributed by atoms with van der Waals surface area (Å²) in [6, 6.07) is 10.4. The molecule has 140 valence electrons. The lowest BCUT2D eigenvalue weighted by molar-refractivity contribution is 0.0599. The number of hydrogen-bond donors (Lipinski definition) is 2. The Hall–Kier alpha value is -2.97. The molecule has 1 amide bonds. The van der Waals surface area contributed by atoms with Gasteiger partial charge in [-0.15, -0.1) is 0 Å². The van der Waals surface area contributed by atoms with E-state index in [0.29, 0.717) is 16.3 Å². The minimum Gasteiger partial charge on any atom is -0.465 e. The Kier molecular flexibility index (Phi) is 6.86. The fraction of sp³-hybridized carbons (Fsp3) is 0.111. The molecular weight excluding hydrogens is 392 g/mol. The number of rotatable bonds is 4. The normalized spacial score (nSPS) is 9.89. The van der Waals surface area contributed by atoms with Gasteiger partial charge in [0.25, 0.3) is 5.91 Å². The molecule has 0 aliphatic carbocycles. The molecule has 2 rings (SSSR count). The zero-order valence-electron chi connectivity index (χ0n) is 14.4. The second kappa shape index (κ2) is 9.11. The largest absolute Gasteiger partial charge is 0.465 e. The minimum atomic E-state index is -0.639. The first-order valence-corrected chi connectivity index (χ1v) is 8.32. The summed E-state index contributed by atoms with van der Waals surface area (Å²) in [6.45, 7) is 0. The third-order valence-corrected chi connectivity index (χ3v) is 3.82. The van der Waals surface area contributed by atoms with Gasteiger partial charge in [0, 0.05) is 16.3 Å². The molecule has 7 nitrogen and oxygen atoms in total. The summed E-state index contributed by atoms with van der Waals surface area (Å²) >= 11 is 10.9. The van der Waals surface area contributed by atoms with Gasteiger partial charge in [-0.3, -0.25) is 10.1 Å². The maximum atomic E-state index is 12.2. The van der Waals surface area contributed by atoms with Crippen molar-refractivity contribution in [3.63, 3.8) is 0 Å². The average Bonchev–Trinajstić information content (AvgIpc) is 2.66. The maximum Gasteiger partial charge on any atom is 0.337 e. The molecule has 9 heteroatoms. The summed E-state index contributed by atoms with van der Waals surface area (Å²) in [6.07, 6.45) is 0. The molecule has 27 heavy (non-hydrogen) atoms. The smallest absolute Gasteiger partial charge is 0.337 e. The number of hydrogen-bond acceptors (Lipinski definition) is 6. The van der Waals surface area contributed by atoms with Crippen LogP contribution in [0.4, 0.5) is 5.69 Å². The summed E-state index contributed by atoms with van der Waals surface area (Å²) in [7, 11) is 2.44. The molecule has 0 saturated carbocycles. The number of halogens is 1. The quantitative estimate of drug-likeness (QED) is 0.595. The molecule has 0 bridgehead atoms. The van der Waals surface area contributed by atoms with Gasteiger partial charge in [0.05, 0.1) is 25.3 Å². The standard InChI is InChI=1S/C18H15ClN2O5S/c1-25-16(23)11-7-12(17(24)26-2)9-14(8-11)20-18(27)21-15(22)10-3-5-13(19)6-4-10/h3-9H,1-2H3,(H2,20,21,22,27). The van der Waals surface area contributed by atoms with Crippen molar-refractivity contribution in [2.24, 2.45) is 0 Å². The highest BCUT2D eigenvalue weighted by molar-refractivity contribution is 7.80. The second-order valence-corrected chi connectivity index (χ2v) is 6.04. The fourth-order valence-corrected chi connectivity index (χ4v) is 2.45. The molecule has 0 spiro atoms. The molecule has 0 aromatic heterocycles. The highest BCUT2D eigenvalue weighted by Gasteiger charge is 2.15. The fourth-order valence-electron chi connectivity index (χ4n) is 2.11. The van der Waals surface area contributed by atoms with Crippen LogP contribution in [0.25, 0.3) is 0 Å². The summed E-state index contributed by atoms with van der Waals surface area (Å²) in [5, 5.41) is 5.73. The topological polar surface area (TPSA) is 93.7 Å². The summed E-state index contributed by atoms with van der Waals surface area (Å²) in [5.41, 5.74) is 0.909. The van der Waals surface area contributed by atoms with Crippen LogP contribution in [-0.2, 0) is 9.47 Å². The molecule has 2 aromatic carbocycles. The summed E-state index contributed by atoms with van der Waals surface area (Å²) < 4.78 is 9.33. The van der Waals surface area contributed by atoms with Crippen molar-refractivity contribution in [3.8, 4) is 0 Å².